The third kappa shape index (κ3) is 4.63. The Morgan fingerprint density at radius 1 is 1.15 bits per heavy atom. The van der Waals surface area contributed by atoms with Crippen LogP contribution >= 0.6 is 0 Å². The molecule has 2 aliphatic heterocycles. The summed E-state index contributed by atoms with van der Waals surface area (Å²) in [6, 6.07) is 8.87. The molecule has 33 heavy (non-hydrogen) atoms. The minimum absolute atomic E-state index is 0.0130. The second kappa shape index (κ2) is 9.33. The van der Waals surface area contributed by atoms with Crippen molar-refractivity contribution in [2.45, 2.75) is 39.2 Å². The van der Waals surface area contributed by atoms with Crippen LogP contribution in [0.2, 0.25) is 0 Å². The largest absolute Gasteiger partial charge is 0.507 e. The molecule has 7 heteroatoms. The summed E-state index contributed by atoms with van der Waals surface area (Å²) >= 11 is 0. The Bertz CT molecular complexity index is 1060. The quantitative estimate of drug-likeness (QED) is 0.698. The van der Waals surface area contributed by atoms with Crippen molar-refractivity contribution >= 4 is 11.8 Å². The number of nitrogens with zero attached hydrogens (tertiary/aromatic N) is 1. The van der Waals surface area contributed by atoms with Crippen molar-refractivity contribution < 1.29 is 24.2 Å². The van der Waals surface area contributed by atoms with Gasteiger partial charge in [-0.25, -0.2) is 0 Å². The SMILES string of the molecule is COc1cc(O)c([C@H](CC(=O)N2CC(C)C[C@@H](C)C2)c2ccc3c(c2)CNC3=O)c(OC)c1. The molecule has 176 valence electrons. The maximum atomic E-state index is 13.5. The Balaban J connectivity index is 1.75. The molecule has 2 amide bonds. The van der Waals surface area contributed by atoms with Gasteiger partial charge in [-0.3, -0.25) is 9.59 Å². The molecule has 0 aliphatic carbocycles. The van der Waals surface area contributed by atoms with Crippen LogP contribution in [0.5, 0.6) is 17.2 Å². The highest BCUT2D eigenvalue weighted by Crippen LogP contribution is 2.44. The lowest BCUT2D eigenvalue weighted by Crippen LogP contribution is -2.43. The number of nitrogens with one attached hydrogen (secondary N) is 1. The number of rotatable bonds is 6. The Hall–Kier alpha value is -3.22. The molecule has 1 fully saturated rings. The van der Waals surface area contributed by atoms with Gasteiger partial charge in [0.1, 0.15) is 17.2 Å². The molecular formula is C26H32N2O5. The Morgan fingerprint density at radius 3 is 2.55 bits per heavy atom. The highest BCUT2D eigenvalue weighted by atomic mass is 16.5. The number of carbonyl (C=O) groups excluding carboxylic acids is 2. The Labute approximate surface area is 194 Å². The predicted molar refractivity (Wildman–Crippen MR) is 125 cm³/mol. The summed E-state index contributed by atoms with van der Waals surface area (Å²) in [7, 11) is 3.06. The molecule has 0 radical (unpaired) electrons. The van der Waals surface area contributed by atoms with Crippen LogP contribution in [0.1, 0.15) is 59.7 Å². The molecule has 0 aromatic heterocycles. The van der Waals surface area contributed by atoms with Crippen molar-refractivity contribution in [3.63, 3.8) is 0 Å². The third-order valence-corrected chi connectivity index (χ3v) is 6.71. The van der Waals surface area contributed by atoms with E-state index in [-0.39, 0.29) is 24.0 Å². The molecule has 2 aromatic rings. The van der Waals surface area contributed by atoms with Crippen molar-refractivity contribution in [2.75, 3.05) is 27.3 Å². The zero-order valence-corrected chi connectivity index (χ0v) is 19.7. The maximum absolute atomic E-state index is 13.5. The van der Waals surface area contributed by atoms with E-state index < -0.39 is 5.92 Å². The van der Waals surface area contributed by atoms with Crippen LogP contribution in [0.3, 0.4) is 0 Å². The highest BCUT2D eigenvalue weighted by Gasteiger charge is 2.32. The average Bonchev–Trinajstić information content (AvgIpc) is 3.16. The number of carbonyl (C=O) groups is 2. The van der Waals surface area contributed by atoms with Crippen LogP contribution in [0.15, 0.2) is 30.3 Å². The van der Waals surface area contributed by atoms with Crippen LogP contribution in [-0.4, -0.2) is 49.1 Å². The fourth-order valence-electron chi connectivity index (χ4n) is 5.25. The van der Waals surface area contributed by atoms with Crippen LogP contribution < -0.4 is 14.8 Å². The summed E-state index contributed by atoms with van der Waals surface area (Å²) in [5.74, 6) is 1.37. The van der Waals surface area contributed by atoms with Gasteiger partial charge in [0.2, 0.25) is 5.91 Å². The van der Waals surface area contributed by atoms with Crippen LogP contribution in [0.25, 0.3) is 0 Å². The van der Waals surface area contributed by atoms with Crippen molar-refractivity contribution in [2.24, 2.45) is 11.8 Å². The zero-order valence-electron chi connectivity index (χ0n) is 19.7. The molecule has 2 N–H and O–H groups in total. The number of hydrogen-bond donors (Lipinski definition) is 2. The van der Waals surface area contributed by atoms with Gasteiger partial charge >= 0.3 is 0 Å². The molecule has 1 saturated heterocycles. The Morgan fingerprint density at radius 2 is 1.88 bits per heavy atom. The van der Waals surface area contributed by atoms with Crippen LogP contribution in [0, 0.1) is 11.8 Å². The second-order valence-electron chi connectivity index (χ2n) is 9.36. The maximum Gasteiger partial charge on any atom is 0.251 e. The zero-order chi connectivity index (χ0) is 23.7. The number of phenolic OH excluding ortho intramolecular Hbond substituents is 1. The van der Waals surface area contributed by atoms with Crippen LogP contribution in [-0.2, 0) is 11.3 Å². The van der Waals surface area contributed by atoms with Crippen molar-refractivity contribution in [3.8, 4) is 17.2 Å². The van der Waals surface area contributed by atoms with Gasteiger partial charge in [0.25, 0.3) is 5.91 Å². The summed E-state index contributed by atoms with van der Waals surface area (Å²) in [6.45, 7) is 6.29. The Kier molecular flexibility index (Phi) is 6.49. The van der Waals surface area contributed by atoms with E-state index in [9.17, 15) is 14.7 Å². The van der Waals surface area contributed by atoms with E-state index in [1.807, 2.05) is 17.0 Å². The molecule has 0 bridgehead atoms. The number of phenols is 1. The topological polar surface area (TPSA) is 88.1 Å². The first-order chi connectivity index (χ1) is 15.8. The first-order valence-corrected chi connectivity index (χ1v) is 11.4. The van der Waals surface area contributed by atoms with E-state index in [4.69, 9.17) is 9.47 Å². The fraction of sp³-hybridized carbons (Fsp3) is 0.462. The van der Waals surface area contributed by atoms with Gasteiger partial charge in [0.05, 0.1) is 14.2 Å². The fourth-order valence-corrected chi connectivity index (χ4v) is 5.25. The molecular weight excluding hydrogens is 420 g/mol. The smallest absolute Gasteiger partial charge is 0.251 e. The lowest BCUT2D eigenvalue weighted by molar-refractivity contribution is -0.134. The summed E-state index contributed by atoms with van der Waals surface area (Å²) in [4.78, 5) is 27.5. The van der Waals surface area contributed by atoms with Crippen molar-refractivity contribution in [3.05, 3.63) is 52.6 Å². The normalized spacial score (nSPS) is 20.7. The third-order valence-electron chi connectivity index (χ3n) is 6.71. The van der Waals surface area contributed by atoms with E-state index in [2.05, 4.69) is 19.2 Å². The molecule has 1 unspecified atom stereocenters. The van der Waals surface area contributed by atoms with E-state index >= 15 is 0 Å². The van der Waals surface area contributed by atoms with Crippen molar-refractivity contribution in [1.29, 1.82) is 0 Å². The first kappa shape index (κ1) is 23.0. The lowest BCUT2D eigenvalue weighted by Gasteiger charge is -2.36. The number of aromatic hydroxyl groups is 1. The summed E-state index contributed by atoms with van der Waals surface area (Å²) in [5.41, 5.74) is 2.94. The monoisotopic (exact) mass is 452 g/mol. The van der Waals surface area contributed by atoms with Crippen molar-refractivity contribution in [1.82, 2.24) is 10.2 Å². The lowest BCUT2D eigenvalue weighted by atomic mass is 9.84. The van der Waals surface area contributed by atoms with E-state index in [1.54, 1.807) is 18.2 Å². The van der Waals surface area contributed by atoms with Gasteiger partial charge in [-0.1, -0.05) is 26.0 Å². The number of amides is 2. The number of piperidine rings is 1. The summed E-state index contributed by atoms with van der Waals surface area (Å²) < 4.78 is 10.9. The van der Waals surface area contributed by atoms with Crippen LogP contribution in [0.4, 0.5) is 0 Å². The van der Waals surface area contributed by atoms with E-state index in [0.717, 1.165) is 30.6 Å². The summed E-state index contributed by atoms with van der Waals surface area (Å²) in [6.07, 6.45) is 1.31. The van der Waals surface area contributed by atoms with Gasteiger partial charge in [0.15, 0.2) is 0 Å². The molecule has 2 heterocycles. The average molecular weight is 453 g/mol. The standard InChI is InChI=1S/C26H32N2O5/c1-15-7-16(2)14-28(13-15)24(30)11-21(17-5-6-20-18(8-17)12-27-26(20)31)25-22(29)9-19(32-3)10-23(25)33-4/h5-6,8-10,15-16,21,29H,7,11-14H2,1-4H3,(H,27,31)/t15-,16?,21-/m1/s1. The number of methoxy groups -OCH3 is 2. The first-order valence-electron chi connectivity index (χ1n) is 11.4. The number of ether oxygens (including phenoxy) is 2. The minimum atomic E-state index is -0.438. The van der Waals surface area contributed by atoms with Gasteiger partial charge in [-0.05, 0) is 35.4 Å². The molecule has 2 aromatic carbocycles. The summed E-state index contributed by atoms with van der Waals surface area (Å²) in [5, 5.41) is 13.8. The highest BCUT2D eigenvalue weighted by molar-refractivity contribution is 5.98. The molecule has 3 atom stereocenters. The van der Waals surface area contributed by atoms with E-state index in [0.29, 0.717) is 41.0 Å². The molecule has 0 saturated carbocycles. The molecule has 4 rings (SSSR count). The number of likely N-dealkylation sites (tertiary alicyclic amines) is 1. The number of fused-ring (bicyclic) bond motifs is 1. The molecule has 0 spiro atoms. The second-order valence-corrected chi connectivity index (χ2v) is 9.36. The minimum Gasteiger partial charge on any atom is -0.507 e. The molecule has 2 aliphatic rings. The van der Waals surface area contributed by atoms with Gasteiger partial charge in [0, 0.05) is 55.2 Å². The van der Waals surface area contributed by atoms with Gasteiger partial charge < -0.3 is 24.8 Å². The molecule has 7 nitrogen and oxygen atoms in total. The van der Waals surface area contributed by atoms with Gasteiger partial charge in [-0.15, -0.1) is 0 Å². The van der Waals surface area contributed by atoms with E-state index in [1.165, 1.54) is 14.2 Å². The predicted octanol–water partition coefficient (Wildman–Crippen LogP) is 3.68. The number of hydrogen-bond acceptors (Lipinski definition) is 5. The number of benzene rings is 2. The van der Waals surface area contributed by atoms with Gasteiger partial charge in [-0.2, -0.15) is 0 Å².